The van der Waals surface area contributed by atoms with Gasteiger partial charge in [-0.3, -0.25) is 4.79 Å². The number of aromatic carboxylic acids is 1. The van der Waals surface area contributed by atoms with E-state index in [0.717, 1.165) is 88.7 Å². The molecular weight excluding hydrogens is 440 g/mol. The number of nitrogens with zero attached hydrogens (tertiary/aromatic N) is 2. The number of carbonyl (C=O) groups is 2. The summed E-state index contributed by atoms with van der Waals surface area (Å²) in [7, 11) is -1.12. The number of hydrogen-bond acceptors (Lipinski definition) is 6. The van der Waals surface area contributed by atoms with Gasteiger partial charge in [0.1, 0.15) is 12.5 Å². The molecule has 2 unspecified atom stereocenters. The minimum absolute atomic E-state index is 0.0812. The first-order valence-electron chi connectivity index (χ1n) is 12.2. The van der Waals surface area contributed by atoms with Gasteiger partial charge in [-0.15, -0.1) is 0 Å². The van der Waals surface area contributed by atoms with E-state index < -0.39 is 14.0 Å². The van der Waals surface area contributed by atoms with Crippen molar-refractivity contribution in [2.75, 3.05) is 33.0 Å². The Balaban J connectivity index is 0.000000214. The third-order valence-corrected chi connectivity index (χ3v) is 9.25. The van der Waals surface area contributed by atoms with E-state index in [1.165, 1.54) is 0 Å². The molecule has 2 saturated heterocycles. The van der Waals surface area contributed by atoms with E-state index in [2.05, 4.69) is 24.7 Å². The van der Waals surface area contributed by atoms with Crippen molar-refractivity contribution in [3.63, 3.8) is 0 Å². The van der Waals surface area contributed by atoms with Gasteiger partial charge in [-0.1, -0.05) is 19.6 Å². The van der Waals surface area contributed by atoms with Crippen molar-refractivity contribution in [1.82, 2.24) is 9.78 Å². The first-order valence-corrected chi connectivity index (χ1v) is 15.9. The largest absolute Gasteiger partial charge is 0.476 e. The number of rotatable bonds is 6. The second-order valence-corrected chi connectivity index (χ2v) is 17.2. The molecule has 1 N–H and O–H groups in total. The minimum atomic E-state index is -1.12. The van der Waals surface area contributed by atoms with E-state index in [0.29, 0.717) is 19.1 Å². The summed E-state index contributed by atoms with van der Waals surface area (Å²) in [5, 5.41) is 13.7. The normalized spacial score (nSPS) is 28.5. The van der Waals surface area contributed by atoms with Crippen molar-refractivity contribution in [3.05, 3.63) is 17.0 Å². The molecule has 2 aliphatic heterocycles. The number of hydrogen-bond donors (Lipinski definition) is 1. The maximum absolute atomic E-state index is 11.5. The topological polar surface area (TPSA) is 99.9 Å². The number of carboxylic acids is 1. The van der Waals surface area contributed by atoms with Crippen molar-refractivity contribution >= 4 is 19.8 Å². The Hall–Kier alpha value is -1.55. The highest BCUT2D eigenvalue weighted by atomic mass is 28.3. The van der Waals surface area contributed by atoms with E-state index in [1.807, 2.05) is 0 Å². The van der Waals surface area contributed by atoms with Crippen LogP contribution in [0.4, 0.5) is 0 Å². The van der Waals surface area contributed by atoms with Gasteiger partial charge < -0.3 is 19.3 Å². The molecule has 4 aliphatic rings. The van der Waals surface area contributed by atoms with Crippen LogP contribution in [0.5, 0.6) is 0 Å². The SMILES string of the molecule is C[Si](C)(C)CCOCn1nc(C(=O)O)c2c1CC1(CCOC1)C2.O=C1CCC2(CCOC2)C1. The second kappa shape index (κ2) is 9.60. The second-order valence-electron chi connectivity index (χ2n) is 11.6. The minimum Gasteiger partial charge on any atom is -0.476 e. The van der Waals surface area contributed by atoms with Crippen molar-refractivity contribution in [2.45, 2.75) is 77.4 Å². The summed E-state index contributed by atoms with van der Waals surface area (Å²) in [5.74, 6) is -0.511. The molecule has 1 aromatic heterocycles. The highest BCUT2D eigenvalue weighted by molar-refractivity contribution is 6.76. The van der Waals surface area contributed by atoms with E-state index in [4.69, 9.17) is 14.2 Å². The molecule has 1 aromatic rings. The van der Waals surface area contributed by atoms with Crippen molar-refractivity contribution in [3.8, 4) is 0 Å². The van der Waals surface area contributed by atoms with E-state index in [1.54, 1.807) is 4.68 Å². The van der Waals surface area contributed by atoms with Gasteiger partial charge in [-0.2, -0.15) is 5.10 Å². The molecule has 1 saturated carbocycles. The number of carbonyl (C=O) groups excluding carboxylic acids is 1. The predicted molar refractivity (Wildman–Crippen MR) is 125 cm³/mol. The smallest absolute Gasteiger partial charge is 0.356 e. The number of ether oxygens (including phenoxy) is 3. The zero-order valence-corrected chi connectivity index (χ0v) is 21.3. The van der Waals surface area contributed by atoms with E-state index in [9.17, 15) is 14.7 Å². The lowest BCUT2D eigenvalue weighted by atomic mass is 9.84. The van der Waals surface area contributed by atoms with Crippen LogP contribution in [0, 0.1) is 10.8 Å². The molecule has 2 spiro atoms. The molecule has 3 heterocycles. The first-order chi connectivity index (χ1) is 15.6. The number of Topliss-reactive ketones (excluding diaryl/α,β-unsaturated/α-hetero) is 1. The Morgan fingerprint density at radius 2 is 1.79 bits per heavy atom. The summed E-state index contributed by atoms with van der Waals surface area (Å²) < 4.78 is 18.4. The summed E-state index contributed by atoms with van der Waals surface area (Å²) in [4.78, 5) is 22.4. The standard InChI is InChI=1S/C16H26N2O4Si.C8H12O2/c1-23(2,3)7-6-22-11-18-13-9-16(4-5-21-10-16)8-12(13)14(17-18)15(19)20;9-7-1-2-8(5-7)3-4-10-6-8/h4-11H2,1-3H3,(H,19,20);1-6H2. The molecule has 5 rings (SSSR count). The van der Waals surface area contributed by atoms with Crippen LogP contribution in [0.2, 0.25) is 25.7 Å². The maximum Gasteiger partial charge on any atom is 0.356 e. The lowest BCUT2D eigenvalue weighted by Gasteiger charge is -2.20. The molecule has 8 nitrogen and oxygen atoms in total. The number of aromatic nitrogens is 2. The molecule has 0 bridgehead atoms. The number of ketones is 1. The molecule has 184 valence electrons. The van der Waals surface area contributed by atoms with Gasteiger partial charge in [0.2, 0.25) is 0 Å². The molecule has 2 atom stereocenters. The highest BCUT2D eigenvalue weighted by Gasteiger charge is 2.45. The van der Waals surface area contributed by atoms with Crippen LogP contribution in [-0.2, 0) is 38.6 Å². The van der Waals surface area contributed by atoms with Crippen LogP contribution in [-0.4, -0.2) is 67.7 Å². The third-order valence-electron chi connectivity index (χ3n) is 7.55. The van der Waals surface area contributed by atoms with Crippen LogP contribution in [0.15, 0.2) is 0 Å². The Labute approximate surface area is 197 Å². The maximum atomic E-state index is 11.5. The third kappa shape index (κ3) is 5.75. The average molecular weight is 479 g/mol. The molecule has 0 amide bonds. The molecule has 0 aromatic carbocycles. The quantitative estimate of drug-likeness (QED) is 0.493. The molecule has 2 aliphatic carbocycles. The summed E-state index contributed by atoms with van der Waals surface area (Å²) >= 11 is 0. The zero-order chi connectivity index (χ0) is 23.7. The lowest BCUT2D eigenvalue weighted by molar-refractivity contribution is -0.118. The zero-order valence-electron chi connectivity index (χ0n) is 20.3. The first kappa shape index (κ1) is 24.6. The fraction of sp³-hybridized carbons (Fsp3) is 0.792. The molecule has 0 radical (unpaired) electrons. The van der Waals surface area contributed by atoms with Crippen molar-refractivity contribution < 1.29 is 28.9 Å². The fourth-order valence-electron chi connectivity index (χ4n) is 5.43. The van der Waals surface area contributed by atoms with Gasteiger partial charge in [0.05, 0.1) is 13.2 Å². The van der Waals surface area contributed by atoms with Gasteiger partial charge in [-0.05, 0) is 38.1 Å². The molecule has 33 heavy (non-hydrogen) atoms. The van der Waals surface area contributed by atoms with Gasteiger partial charge in [-0.25, -0.2) is 9.48 Å². The van der Waals surface area contributed by atoms with Crippen LogP contribution in [0.1, 0.15) is 53.8 Å². The van der Waals surface area contributed by atoms with E-state index >= 15 is 0 Å². The van der Waals surface area contributed by atoms with Crippen LogP contribution >= 0.6 is 0 Å². The summed E-state index contributed by atoms with van der Waals surface area (Å²) in [6, 6.07) is 1.10. The Morgan fingerprint density at radius 3 is 2.33 bits per heavy atom. The Morgan fingerprint density at radius 1 is 1.09 bits per heavy atom. The van der Waals surface area contributed by atoms with E-state index in [-0.39, 0.29) is 16.5 Å². The van der Waals surface area contributed by atoms with Gasteiger partial charge in [0.15, 0.2) is 5.69 Å². The van der Waals surface area contributed by atoms with Crippen molar-refractivity contribution in [1.29, 1.82) is 0 Å². The molecule has 3 fully saturated rings. The van der Waals surface area contributed by atoms with Crippen LogP contribution < -0.4 is 0 Å². The Bertz CT molecular complexity index is 878. The predicted octanol–water partition coefficient (Wildman–Crippen LogP) is 3.55. The highest BCUT2D eigenvalue weighted by Crippen LogP contribution is 2.44. The summed E-state index contributed by atoms with van der Waals surface area (Å²) in [5.41, 5.74) is 2.48. The molecular formula is C24H38N2O6Si. The lowest BCUT2D eigenvalue weighted by Crippen LogP contribution is -2.24. The Kier molecular flexibility index (Phi) is 7.15. The van der Waals surface area contributed by atoms with Gasteiger partial charge in [0.25, 0.3) is 0 Å². The van der Waals surface area contributed by atoms with Crippen molar-refractivity contribution in [2.24, 2.45) is 10.8 Å². The number of carboxylic acid groups (broad SMARTS) is 1. The summed E-state index contributed by atoms with van der Waals surface area (Å²) in [6.45, 7) is 11.2. The average Bonchev–Trinajstić information content (AvgIpc) is 3.54. The molecule has 9 heteroatoms. The van der Waals surface area contributed by atoms with Crippen LogP contribution in [0.25, 0.3) is 0 Å². The fourth-order valence-corrected chi connectivity index (χ4v) is 6.19. The van der Waals surface area contributed by atoms with Gasteiger partial charge >= 0.3 is 5.97 Å². The monoisotopic (exact) mass is 478 g/mol. The summed E-state index contributed by atoms with van der Waals surface area (Å²) in [6.07, 6.45) is 6.37. The van der Waals surface area contributed by atoms with Gasteiger partial charge in [0, 0.05) is 62.8 Å². The number of fused-ring (bicyclic) bond motifs is 1. The van der Waals surface area contributed by atoms with Crippen LogP contribution in [0.3, 0.4) is 0 Å².